The van der Waals surface area contributed by atoms with Crippen molar-refractivity contribution in [3.05, 3.63) is 62.5 Å². The summed E-state index contributed by atoms with van der Waals surface area (Å²) >= 11 is 15.7. The lowest BCUT2D eigenvalue weighted by atomic mass is 9.95. The molecule has 2 aromatic carbocycles. The lowest BCUT2D eigenvalue weighted by Crippen LogP contribution is -2.37. The third kappa shape index (κ3) is 4.98. The molecule has 0 bridgehead atoms. The van der Waals surface area contributed by atoms with E-state index in [9.17, 15) is 4.79 Å². The zero-order valence-corrected chi connectivity index (χ0v) is 16.7. The average molecular weight is 442 g/mol. The predicted octanol–water partition coefficient (Wildman–Crippen LogP) is 5.61. The van der Waals surface area contributed by atoms with E-state index in [0.717, 1.165) is 53.2 Å². The van der Waals surface area contributed by atoms with Gasteiger partial charge in [-0.3, -0.25) is 9.69 Å². The molecule has 1 heterocycles. The van der Waals surface area contributed by atoms with Gasteiger partial charge in [-0.25, -0.2) is 0 Å². The first kappa shape index (κ1) is 18.7. The predicted molar refractivity (Wildman–Crippen MR) is 107 cm³/mol. The first-order valence-electron chi connectivity index (χ1n) is 8.24. The van der Waals surface area contributed by atoms with Crippen LogP contribution in [0.25, 0.3) is 0 Å². The van der Waals surface area contributed by atoms with Crippen molar-refractivity contribution in [1.82, 2.24) is 4.90 Å². The molecule has 0 radical (unpaired) electrons. The van der Waals surface area contributed by atoms with E-state index in [2.05, 4.69) is 32.2 Å². The number of carbonyl (C=O) groups excluding carboxylic acids is 1. The first-order valence-corrected chi connectivity index (χ1v) is 9.79. The highest BCUT2D eigenvalue weighted by molar-refractivity contribution is 9.10. The summed E-state index contributed by atoms with van der Waals surface area (Å²) < 4.78 is 0.819. The van der Waals surface area contributed by atoms with Crippen LogP contribution in [-0.2, 0) is 11.3 Å². The van der Waals surface area contributed by atoms with Gasteiger partial charge in [0.25, 0.3) is 0 Å². The van der Waals surface area contributed by atoms with Crippen molar-refractivity contribution in [1.29, 1.82) is 0 Å². The van der Waals surface area contributed by atoms with E-state index in [-0.39, 0.29) is 11.8 Å². The van der Waals surface area contributed by atoms with Crippen molar-refractivity contribution in [3.8, 4) is 0 Å². The number of anilines is 1. The van der Waals surface area contributed by atoms with Gasteiger partial charge in [0.15, 0.2) is 0 Å². The lowest BCUT2D eigenvalue weighted by molar-refractivity contribution is -0.121. The average Bonchev–Trinajstić information content (AvgIpc) is 2.61. The molecule has 1 aliphatic rings. The van der Waals surface area contributed by atoms with Crippen LogP contribution in [0.5, 0.6) is 0 Å². The number of piperidine rings is 1. The lowest BCUT2D eigenvalue weighted by Gasteiger charge is -2.31. The van der Waals surface area contributed by atoms with Crippen molar-refractivity contribution >= 4 is 50.7 Å². The van der Waals surface area contributed by atoms with Crippen LogP contribution in [0.15, 0.2) is 46.9 Å². The number of hydrogen-bond donors (Lipinski definition) is 1. The fourth-order valence-electron chi connectivity index (χ4n) is 3.04. The number of halogens is 3. The summed E-state index contributed by atoms with van der Waals surface area (Å²) in [6.07, 6.45) is 1.70. The Balaban J connectivity index is 1.52. The molecule has 0 aliphatic carbocycles. The van der Waals surface area contributed by atoms with Crippen LogP contribution in [0.1, 0.15) is 18.4 Å². The first-order chi connectivity index (χ1) is 12.0. The number of amides is 1. The van der Waals surface area contributed by atoms with Crippen molar-refractivity contribution < 1.29 is 4.79 Å². The van der Waals surface area contributed by atoms with Crippen LogP contribution in [-0.4, -0.2) is 23.9 Å². The van der Waals surface area contributed by atoms with Gasteiger partial charge in [0, 0.05) is 27.6 Å². The molecule has 1 saturated heterocycles. The Hall–Kier alpha value is -1.07. The van der Waals surface area contributed by atoms with Gasteiger partial charge in [-0.15, -0.1) is 0 Å². The van der Waals surface area contributed by atoms with E-state index >= 15 is 0 Å². The Morgan fingerprint density at radius 3 is 2.52 bits per heavy atom. The second kappa shape index (κ2) is 8.54. The highest BCUT2D eigenvalue weighted by atomic mass is 79.9. The maximum absolute atomic E-state index is 12.5. The minimum absolute atomic E-state index is 0.0323. The molecule has 2 aromatic rings. The number of benzene rings is 2. The Morgan fingerprint density at radius 2 is 1.84 bits per heavy atom. The highest BCUT2D eigenvalue weighted by Crippen LogP contribution is 2.27. The normalized spacial score (nSPS) is 16.0. The summed E-state index contributed by atoms with van der Waals surface area (Å²) in [6, 6.07) is 13.4. The fourth-order valence-corrected chi connectivity index (χ4v) is 3.66. The monoisotopic (exact) mass is 440 g/mol. The summed E-state index contributed by atoms with van der Waals surface area (Å²) in [5, 5.41) is 4.36. The minimum Gasteiger partial charge on any atom is -0.326 e. The molecular formula is C19H19BrCl2N2O. The Morgan fingerprint density at radius 1 is 1.12 bits per heavy atom. The molecule has 1 aliphatic heterocycles. The Kier molecular flexibility index (Phi) is 6.39. The molecule has 0 unspecified atom stereocenters. The van der Waals surface area contributed by atoms with E-state index in [4.69, 9.17) is 23.2 Å². The highest BCUT2D eigenvalue weighted by Gasteiger charge is 2.25. The molecule has 0 atom stereocenters. The number of rotatable bonds is 4. The molecule has 25 heavy (non-hydrogen) atoms. The van der Waals surface area contributed by atoms with Gasteiger partial charge in [-0.1, -0.05) is 41.4 Å². The van der Waals surface area contributed by atoms with E-state index in [1.807, 2.05) is 30.3 Å². The van der Waals surface area contributed by atoms with E-state index in [0.29, 0.717) is 5.02 Å². The number of nitrogens with one attached hydrogen (secondary N) is 1. The van der Waals surface area contributed by atoms with Gasteiger partial charge in [0.05, 0.1) is 5.02 Å². The summed E-state index contributed by atoms with van der Waals surface area (Å²) in [5.41, 5.74) is 1.87. The molecule has 1 fully saturated rings. The standard InChI is InChI=1S/C19H19BrCl2N2O/c20-16-6-5-15(11-18(16)22)23-19(25)13-7-9-24(10-8-13)12-14-3-1-2-4-17(14)21/h1-6,11,13H,7-10,12H2,(H,23,25). The molecule has 1 amide bonds. The quantitative estimate of drug-likeness (QED) is 0.668. The van der Waals surface area contributed by atoms with Crippen molar-refractivity contribution in [2.24, 2.45) is 5.92 Å². The number of likely N-dealkylation sites (tertiary alicyclic amines) is 1. The molecule has 0 aromatic heterocycles. The molecule has 6 heteroatoms. The minimum atomic E-state index is 0.0323. The van der Waals surface area contributed by atoms with Gasteiger partial charge >= 0.3 is 0 Å². The maximum Gasteiger partial charge on any atom is 0.227 e. The molecular weight excluding hydrogens is 423 g/mol. The summed E-state index contributed by atoms with van der Waals surface area (Å²) in [6.45, 7) is 2.62. The van der Waals surface area contributed by atoms with Crippen molar-refractivity contribution in [2.75, 3.05) is 18.4 Å². The van der Waals surface area contributed by atoms with E-state index in [1.54, 1.807) is 6.07 Å². The zero-order valence-electron chi connectivity index (χ0n) is 13.6. The van der Waals surface area contributed by atoms with Gasteiger partial charge in [0.1, 0.15) is 0 Å². The van der Waals surface area contributed by atoms with Crippen LogP contribution in [0.3, 0.4) is 0 Å². The number of carbonyl (C=O) groups is 1. The van der Waals surface area contributed by atoms with Crippen molar-refractivity contribution in [3.63, 3.8) is 0 Å². The summed E-state index contributed by atoms with van der Waals surface area (Å²) in [7, 11) is 0. The third-order valence-electron chi connectivity index (χ3n) is 4.50. The van der Waals surface area contributed by atoms with Crippen LogP contribution >= 0.6 is 39.1 Å². The largest absolute Gasteiger partial charge is 0.326 e. The third-order valence-corrected chi connectivity index (χ3v) is 6.10. The smallest absolute Gasteiger partial charge is 0.227 e. The van der Waals surface area contributed by atoms with Gasteiger partial charge in [-0.05, 0) is 71.7 Å². The Labute approximate surface area is 166 Å². The van der Waals surface area contributed by atoms with Crippen molar-refractivity contribution in [2.45, 2.75) is 19.4 Å². The zero-order chi connectivity index (χ0) is 17.8. The second-order valence-corrected chi connectivity index (χ2v) is 7.93. The molecule has 3 nitrogen and oxygen atoms in total. The van der Waals surface area contributed by atoms with Crippen LogP contribution < -0.4 is 5.32 Å². The molecule has 132 valence electrons. The van der Waals surface area contributed by atoms with E-state index < -0.39 is 0 Å². The molecule has 3 rings (SSSR count). The second-order valence-electron chi connectivity index (χ2n) is 6.26. The summed E-state index contributed by atoms with van der Waals surface area (Å²) in [4.78, 5) is 14.8. The molecule has 1 N–H and O–H groups in total. The summed E-state index contributed by atoms with van der Waals surface area (Å²) in [5.74, 6) is 0.0979. The van der Waals surface area contributed by atoms with Crippen LogP contribution in [0.2, 0.25) is 10.0 Å². The SMILES string of the molecule is O=C(Nc1ccc(Br)c(Cl)c1)C1CCN(Cc2ccccc2Cl)CC1. The molecule has 0 spiro atoms. The van der Waals surface area contributed by atoms with Gasteiger partial charge in [0.2, 0.25) is 5.91 Å². The van der Waals surface area contributed by atoms with Gasteiger partial charge in [-0.2, -0.15) is 0 Å². The van der Waals surface area contributed by atoms with E-state index in [1.165, 1.54) is 0 Å². The number of hydrogen-bond acceptors (Lipinski definition) is 2. The molecule has 0 saturated carbocycles. The number of nitrogens with zero attached hydrogens (tertiary/aromatic N) is 1. The van der Waals surface area contributed by atoms with Crippen LogP contribution in [0, 0.1) is 5.92 Å². The van der Waals surface area contributed by atoms with Crippen LogP contribution in [0.4, 0.5) is 5.69 Å². The maximum atomic E-state index is 12.5. The Bertz CT molecular complexity index is 761. The fraction of sp³-hybridized carbons (Fsp3) is 0.316. The van der Waals surface area contributed by atoms with Gasteiger partial charge < -0.3 is 5.32 Å². The topological polar surface area (TPSA) is 32.3 Å².